The van der Waals surface area contributed by atoms with Crippen molar-refractivity contribution in [1.29, 1.82) is 0 Å². The molecule has 152 valence electrons. The Morgan fingerprint density at radius 3 is 2.63 bits per heavy atom. The first-order valence-electron chi connectivity index (χ1n) is 10.8. The van der Waals surface area contributed by atoms with E-state index in [1.807, 2.05) is 6.92 Å². The molecule has 1 fully saturated rings. The molecule has 0 unspecified atom stereocenters. The molecule has 2 N–H and O–H groups in total. The predicted octanol–water partition coefficient (Wildman–Crippen LogP) is 2.49. The highest BCUT2D eigenvalue weighted by Gasteiger charge is 2.44. The van der Waals surface area contributed by atoms with Crippen LogP contribution in [-0.2, 0) is 14.3 Å². The highest BCUT2D eigenvalue weighted by molar-refractivity contribution is 5.94. The van der Waals surface area contributed by atoms with Gasteiger partial charge in [-0.25, -0.2) is 0 Å². The van der Waals surface area contributed by atoms with Gasteiger partial charge in [-0.05, 0) is 52.9 Å². The lowest BCUT2D eigenvalue weighted by Crippen LogP contribution is -2.61. The Bertz CT molecular complexity index is 589. The first-order chi connectivity index (χ1) is 12.9. The Hall–Kier alpha value is -1.59. The fourth-order valence-electron chi connectivity index (χ4n) is 4.98. The zero-order chi connectivity index (χ0) is 19.4. The summed E-state index contributed by atoms with van der Waals surface area (Å²) in [7, 11) is 0. The Labute approximate surface area is 163 Å². The maximum Gasteiger partial charge on any atom is 0.346 e. The normalized spacial score (nSPS) is 30.2. The summed E-state index contributed by atoms with van der Waals surface area (Å²) in [5.74, 6) is 0.745. The van der Waals surface area contributed by atoms with Gasteiger partial charge >= 0.3 is 11.9 Å². The Morgan fingerprint density at radius 2 is 1.89 bits per heavy atom. The summed E-state index contributed by atoms with van der Waals surface area (Å²) in [4.78, 5) is 22.4. The van der Waals surface area contributed by atoms with Crippen LogP contribution in [0.4, 0.5) is 0 Å². The lowest BCUT2D eigenvalue weighted by molar-refractivity contribution is -0.593. The fraction of sp³-hybridized carbons (Fsp3) is 0.857. The van der Waals surface area contributed by atoms with Crippen molar-refractivity contribution < 1.29 is 18.9 Å². The van der Waals surface area contributed by atoms with Crippen molar-refractivity contribution in [1.82, 2.24) is 10.6 Å². The van der Waals surface area contributed by atoms with E-state index in [1.54, 1.807) is 0 Å². The maximum atomic E-state index is 11.5. The zero-order valence-electron chi connectivity index (χ0n) is 17.1. The summed E-state index contributed by atoms with van der Waals surface area (Å²) in [5, 5.41) is 7.42. The van der Waals surface area contributed by atoms with Crippen molar-refractivity contribution in [3.8, 4) is 0 Å². The SMILES string of the molecule is CC(=O)CC(=O)O[C@@H](C)CCCCC[C@H]1C[C@H]2CC[C@H]3C[C@@H](C)NC(=[N+]23)N1. The number of ketones is 1. The first kappa shape index (κ1) is 20.2. The average molecular weight is 379 g/mol. The van der Waals surface area contributed by atoms with E-state index in [0.717, 1.165) is 31.3 Å². The summed E-state index contributed by atoms with van der Waals surface area (Å²) >= 11 is 0. The molecule has 6 nitrogen and oxygen atoms in total. The van der Waals surface area contributed by atoms with Crippen LogP contribution in [-0.4, -0.2) is 52.6 Å². The van der Waals surface area contributed by atoms with Gasteiger partial charge in [-0.3, -0.25) is 24.8 Å². The van der Waals surface area contributed by atoms with Crippen molar-refractivity contribution in [2.24, 2.45) is 0 Å². The molecule has 0 aromatic carbocycles. The minimum atomic E-state index is -0.396. The van der Waals surface area contributed by atoms with Crippen LogP contribution in [0.15, 0.2) is 0 Å². The smallest absolute Gasteiger partial charge is 0.346 e. The summed E-state index contributed by atoms with van der Waals surface area (Å²) in [5.41, 5.74) is 0. The monoisotopic (exact) mass is 378 g/mol. The summed E-state index contributed by atoms with van der Waals surface area (Å²) in [6.45, 7) is 5.61. The molecular formula is C21H36N3O3+. The predicted molar refractivity (Wildman–Crippen MR) is 105 cm³/mol. The lowest BCUT2D eigenvalue weighted by atomic mass is 9.97. The number of hydrogen-bond acceptors (Lipinski definition) is 5. The van der Waals surface area contributed by atoms with Crippen LogP contribution in [0, 0.1) is 0 Å². The molecule has 3 aliphatic heterocycles. The molecule has 1 saturated heterocycles. The molecule has 0 aliphatic carbocycles. The van der Waals surface area contributed by atoms with Gasteiger partial charge in [0.25, 0.3) is 0 Å². The van der Waals surface area contributed by atoms with E-state index in [1.165, 1.54) is 51.4 Å². The van der Waals surface area contributed by atoms with E-state index in [2.05, 4.69) is 22.1 Å². The maximum absolute atomic E-state index is 11.5. The number of nitrogens with one attached hydrogen (secondary N) is 2. The zero-order valence-corrected chi connectivity index (χ0v) is 17.1. The molecule has 0 amide bonds. The minimum absolute atomic E-state index is 0.0999. The number of Topliss-reactive ketones (excluding diaryl/α,β-unsaturated/α-hetero) is 1. The van der Waals surface area contributed by atoms with Gasteiger partial charge in [0, 0.05) is 12.8 Å². The quantitative estimate of drug-likeness (QED) is 0.279. The molecule has 0 saturated carbocycles. The highest BCUT2D eigenvalue weighted by atomic mass is 16.5. The highest BCUT2D eigenvalue weighted by Crippen LogP contribution is 2.31. The molecule has 3 aliphatic rings. The largest absolute Gasteiger partial charge is 0.462 e. The molecule has 0 aromatic heterocycles. The van der Waals surface area contributed by atoms with Crippen LogP contribution in [0.25, 0.3) is 0 Å². The second-order valence-electron chi connectivity index (χ2n) is 8.82. The summed E-state index contributed by atoms with van der Waals surface area (Å²) in [6.07, 6.45) is 10.5. The van der Waals surface area contributed by atoms with Crippen molar-refractivity contribution in [2.45, 2.75) is 115 Å². The third-order valence-electron chi connectivity index (χ3n) is 6.17. The van der Waals surface area contributed by atoms with E-state index in [0.29, 0.717) is 12.1 Å². The van der Waals surface area contributed by atoms with E-state index in [-0.39, 0.29) is 18.3 Å². The van der Waals surface area contributed by atoms with Crippen LogP contribution >= 0.6 is 0 Å². The van der Waals surface area contributed by atoms with Crippen molar-refractivity contribution in [3.63, 3.8) is 0 Å². The molecule has 5 atom stereocenters. The number of carbonyl (C=O) groups is 2. The molecule has 3 rings (SSSR count). The van der Waals surface area contributed by atoms with Crippen LogP contribution in [0.2, 0.25) is 0 Å². The molecule has 0 bridgehead atoms. The van der Waals surface area contributed by atoms with Crippen LogP contribution in [0.3, 0.4) is 0 Å². The molecule has 27 heavy (non-hydrogen) atoms. The van der Waals surface area contributed by atoms with Gasteiger partial charge < -0.3 is 4.74 Å². The number of hydrogen-bond donors (Lipinski definition) is 2. The van der Waals surface area contributed by atoms with Gasteiger partial charge in [0.15, 0.2) is 0 Å². The van der Waals surface area contributed by atoms with Gasteiger partial charge in [0.2, 0.25) is 0 Å². The average Bonchev–Trinajstić information content (AvgIpc) is 2.97. The Balaban J connectivity index is 1.33. The summed E-state index contributed by atoms with van der Waals surface area (Å²) in [6, 6.07) is 2.60. The number of ether oxygens (including phenoxy) is 1. The Morgan fingerprint density at radius 1 is 1.15 bits per heavy atom. The van der Waals surface area contributed by atoms with Gasteiger partial charge in [0.05, 0.1) is 30.3 Å². The van der Waals surface area contributed by atoms with Gasteiger partial charge in [-0.1, -0.05) is 12.8 Å². The third kappa shape index (κ3) is 5.45. The second kappa shape index (κ2) is 9.07. The fourth-order valence-corrected chi connectivity index (χ4v) is 4.98. The lowest BCUT2D eigenvalue weighted by Gasteiger charge is -2.35. The number of nitrogens with zero attached hydrogens (tertiary/aromatic N) is 1. The Kier molecular flexibility index (Phi) is 6.77. The number of esters is 1. The topological polar surface area (TPSA) is 70.4 Å². The first-order valence-corrected chi connectivity index (χ1v) is 10.8. The third-order valence-corrected chi connectivity index (χ3v) is 6.17. The van der Waals surface area contributed by atoms with Crippen molar-refractivity contribution in [3.05, 3.63) is 0 Å². The van der Waals surface area contributed by atoms with Crippen molar-refractivity contribution in [2.75, 3.05) is 0 Å². The van der Waals surface area contributed by atoms with E-state index >= 15 is 0 Å². The van der Waals surface area contributed by atoms with E-state index < -0.39 is 5.97 Å². The van der Waals surface area contributed by atoms with Crippen LogP contribution in [0.5, 0.6) is 0 Å². The number of guanidine groups is 1. The van der Waals surface area contributed by atoms with E-state index in [9.17, 15) is 9.59 Å². The van der Waals surface area contributed by atoms with E-state index in [4.69, 9.17) is 4.74 Å². The summed E-state index contributed by atoms with van der Waals surface area (Å²) < 4.78 is 7.89. The van der Waals surface area contributed by atoms with Gasteiger partial charge in [-0.2, -0.15) is 0 Å². The molecule has 0 radical (unpaired) electrons. The number of unbranched alkanes of at least 4 members (excludes halogenated alkanes) is 2. The van der Waals surface area contributed by atoms with Crippen LogP contribution in [0.1, 0.15) is 85.0 Å². The molecular weight excluding hydrogens is 342 g/mol. The standard InChI is InChI=1S/C21H35N3O3/c1-14-11-18-9-10-19-13-17(23-21(22-14)24(18)19)8-6-4-5-7-16(3)27-20(26)12-15(2)25/h14,16-19H,4-13H2,1-3H3,(H,22,23)/p+1/t14-,16+,17+,18+,19-/m1/s1. The van der Waals surface area contributed by atoms with Gasteiger partial charge in [-0.15, -0.1) is 0 Å². The molecule has 6 heteroatoms. The number of rotatable bonds is 9. The minimum Gasteiger partial charge on any atom is -0.462 e. The van der Waals surface area contributed by atoms with Crippen LogP contribution < -0.4 is 10.6 Å². The van der Waals surface area contributed by atoms with Crippen molar-refractivity contribution >= 4 is 17.7 Å². The number of carbonyl (C=O) groups excluding carboxylic acids is 2. The van der Waals surface area contributed by atoms with Gasteiger partial charge in [0.1, 0.15) is 12.2 Å². The molecule has 0 aromatic rings. The molecule has 0 spiro atoms. The second-order valence-corrected chi connectivity index (χ2v) is 8.82. The molecule has 3 heterocycles.